The second-order valence-corrected chi connectivity index (χ2v) is 5.85. The molecule has 0 aromatic heterocycles. The van der Waals surface area contributed by atoms with Gasteiger partial charge < -0.3 is 0 Å². The molecular weight excluding hydrogens is 291 g/mol. The normalized spacial score (nSPS) is 18.3. The lowest BCUT2D eigenvalue weighted by atomic mass is 9.89. The fourth-order valence-corrected chi connectivity index (χ4v) is 3.57. The monoisotopic (exact) mass is 304 g/mol. The van der Waals surface area contributed by atoms with Crippen LogP contribution in [0.4, 0.5) is 4.39 Å². The molecule has 1 fully saturated rings. The molecule has 92 valence electrons. The first kappa shape index (κ1) is 11.9. The average molecular weight is 305 g/mol. The van der Waals surface area contributed by atoms with Crippen LogP contribution in [0.25, 0.3) is 0 Å². The van der Waals surface area contributed by atoms with E-state index in [1.165, 1.54) is 30.5 Å². The molecule has 2 aromatic carbocycles. The predicted octanol–water partition coefficient (Wildman–Crippen LogP) is 4.99. The molecule has 1 saturated carbocycles. The SMILES string of the molecule is Fc1ccc(C(Br)C2(c3ccccc3)CC2)cc1. The molecule has 0 spiro atoms. The van der Waals surface area contributed by atoms with E-state index in [2.05, 4.69) is 40.2 Å². The van der Waals surface area contributed by atoms with Crippen LogP contribution in [0.15, 0.2) is 54.6 Å². The lowest BCUT2D eigenvalue weighted by Gasteiger charge is -2.23. The summed E-state index contributed by atoms with van der Waals surface area (Å²) in [7, 11) is 0. The van der Waals surface area contributed by atoms with Crippen LogP contribution >= 0.6 is 15.9 Å². The van der Waals surface area contributed by atoms with Gasteiger partial charge in [-0.15, -0.1) is 0 Å². The third kappa shape index (κ3) is 1.99. The van der Waals surface area contributed by atoms with Crippen LogP contribution in [0.5, 0.6) is 0 Å². The number of benzene rings is 2. The highest BCUT2D eigenvalue weighted by atomic mass is 79.9. The van der Waals surface area contributed by atoms with Gasteiger partial charge in [-0.05, 0) is 36.1 Å². The smallest absolute Gasteiger partial charge is 0.123 e. The molecule has 2 aromatic rings. The van der Waals surface area contributed by atoms with Crippen LogP contribution in [-0.4, -0.2) is 0 Å². The minimum absolute atomic E-state index is 0.178. The van der Waals surface area contributed by atoms with Crippen molar-refractivity contribution in [2.45, 2.75) is 23.1 Å². The summed E-state index contributed by atoms with van der Waals surface area (Å²) < 4.78 is 13.0. The standard InChI is InChI=1S/C16H14BrF/c17-15(12-6-8-14(18)9-7-12)16(10-11-16)13-4-2-1-3-5-13/h1-9,15H,10-11H2. The van der Waals surface area contributed by atoms with Gasteiger partial charge in [0.15, 0.2) is 0 Å². The van der Waals surface area contributed by atoms with Crippen LogP contribution in [0.2, 0.25) is 0 Å². The summed E-state index contributed by atoms with van der Waals surface area (Å²) in [4.78, 5) is 0.257. The Morgan fingerprint density at radius 3 is 2.11 bits per heavy atom. The maximum atomic E-state index is 13.0. The van der Waals surface area contributed by atoms with Gasteiger partial charge >= 0.3 is 0 Å². The Morgan fingerprint density at radius 1 is 0.944 bits per heavy atom. The Hall–Kier alpha value is -1.15. The number of hydrogen-bond acceptors (Lipinski definition) is 0. The molecule has 1 aliphatic carbocycles. The number of alkyl halides is 1. The van der Waals surface area contributed by atoms with Crippen molar-refractivity contribution < 1.29 is 4.39 Å². The Balaban J connectivity index is 1.93. The molecule has 0 aliphatic heterocycles. The molecule has 0 N–H and O–H groups in total. The molecule has 1 aliphatic rings. The summed E-state index contributed by atoms with van der Waals surface area (Å²) >= 11 is 3.81. The van der Waals surface area contributed by atoms with Gasteiger partial charge in [-0.3, -0.25) is 0 Å². The second kappa shape index (κ2) is 4.51. The highest BCUT2D eigenvalue weighted by molar-refractivity contribution is 9.09. The van der Waals surface area contributed by atoms with Crippen molar-refractivity contribution in [1.82, 2.24) is 0 Å². The quantitative estimate of drug-likeness (QED) is 0.701. The van der Waals surface area contributed by atoms with Crippen molar-refractivity contribution in [2.75, 3.05) is 0 Å². The molecule has 18 heavy (non-hydrogen) atoms. The summed E-state index contributed by atoms with van der Waals surface area (Å²) in [5.74, 6) is -0.178. The van der Waals surface area contributed by atoms with E-state index < -0.39 is 0 Å². The number of hydrogen-bond donors (Lipinski definition) is 0. The molecular formula is C16H14BrF. The van der Waals surface area contributed by atoms with Gasteiger partial charge in [0.1, 0.15) is 5.82 Å². The van der Waals surface area contributed by atoms with Crippen LogP contribution < -0.4 is 0 Å². The highest BCUT2D eigenvalue weighted by Gasteiger charge is 2.50. The first-order valence-corrected chi connectivity index (χ1v) is 7.09. The van der Waals surface area contributed by atoms with E-state index in [9.17, 15) is 4.39 Å². The van der Waals surface area contributed by atoms with E-state index in [1.807, 2.05) is 18.2 Å². The van der Waals surface area contributed by atoms with Crippen LogP contribution in [0, 0.1) is 5.82 Å². The number of halogens is 2. The third-order valence-corrected chi connectivity index (χ3v) is 5.19. The minimum atomic E-state index is -0.178. The van der Waals surface area contributed by atoms with Crippen molar-refractivity contribution in [3.05, 3.63) is 71.5 Å². The maximum Gasteiger partial charge on any atom is 0.123 e. The molecule has 1 unspecified atom stereocenters. The molecule has 0 bridgehead atoms. The van der Waals surface area contributed by atoms with Crippen molar-refractivity contribution in [2.24, 2.45) is 0 Å². The first-order valence-electron chi connectivity index (χ1n) is 6.17. The van der Waals surface area contributed by atoms with Gasteiger partial charge in [0, 0.05) is 10.2 Å². The first-order chi connectivity index (χ1) is 8.72. The van der Waals surface area contributed by atoms with Gasteiger partial charge in [0.2, 0.25) is 0 Å². The Bertz CT molecular complexity index is 529. The van der Waals surface area contributed by atoms with E-state index >= 15 is 0 Å². The summed E-state index contributed by atoms with van der Waals surface area (Å²) in [6.45, 7) is 0. The van der Waals surface area contributed by atoms with Gasteiger partial charge in [-0.1, -0.05) is 58.4 Å². The van der Waals surface area contributed by atoms with Crippen molar-refractivity contribution in [3.8, 4) is 0 Å². The zero-order valence-corrected chi connectivity index (χ0v) is 11.5. The highest BCUT2D eigenvalue weighted by Crippen LogP contribution is 2.59. The summed E-state index contributed by atoms with van der Waals surface area (Å²) in [6.07, 6.45) is 2.37. The van der Waals surface area contributed by atoms with E-state index in [-0.39, 0.29) is 16.1 Å². The second-order valence-electron chi connectivity index (χ2n) is 4.94. The lowest BCUT2D eigenvalue weighted by Crippen LogP contribution is -2.13. The van der Waals surface area contributed by atoms with Crippen LogP contribution in [0.3, 0.4) is 0 Å². The Morgan fingerprint density at radius 2 is 1.56 bits per heavy atom. The summed E-state index contributed by atoms with van der Waals surface area (Å²) in [5, 5.41) is 0. The van der Waals surface area contributed by atoms with E-state index in [0.29, 0.717) is 0 Å². The zero-order chi connectivity index (χ0) is 12.6. The fraction of sp³-hybridized carbons (Fsp3) is 0.250. The van der Waals surface area contributed by atoms with E-state index in [1.54, 1.807) is 0 Å². The van der Waals surface area contributed by atoms with Crippen LogP contribution in [-0.2, 0) is 5.41 Å². The summed E-state index contributed by atoms with van der Waals surface area (Å²) in [6, 6.07) is 17.4. The number of rotatable bonds is 3. The van der Waals surface area contributed by atoms with Crippen molar-refractivity contribution in [3.63, 3.8) is 0 Å². The van der Waals surface area contributed by atoms with Crippen LogP contribution in [0.1, 0.15) is 28.8 Å². The van der Waals surface area contributed by atoms with Gasteiger partial charge in [-0.2, -0.15) is 0 Å². The fourth-order valence-electron chi connectivity index (χ4n) is 2.54. The Labute approximate surface area is 115 Å². The van der Waals surface area contributed by atoms with Gasteiger partial charge in [0.25, 0.3) is 0 Å². The topological polar surface area (TPSA) is 0 Å². The molecule has 1 atom stereocenters. The molecule has 2 heteroatoms. The Kier molecular flexibility index (Phi) is 2.98. The lowest BCUT2D eigenvalue weighted by molar-refractivity contribution is 0.624. The molecule has 0 amide bonds. The molecule has 3 rings (SSSR count). The van der Waals surface area contributed by atoms with Gasteiger partial charge in [-0.25, -0.2) is 4.39 Å². The molecule has 0 nitrogen and oxygen atoms in total. The average Bonchev–Trinajstić information content (AvgIpc) is 3.21. The molecule has 0 heterocycles. The van der Waals surface area contributed by atoms with Crippen molar-refractivity contribution in [1.29, 1.82) is 0 Å². The van der Waals surface area contributed by atoms with Crippen molar-refractivity contribution >= 4 is 15.9 Å². The third-order valence-electron chi connectivity index (χ3n) is 3.79. The zero-order valence-electron chi connectivity index (χ0n) is 9.94. The molecule has 0 saturated heterocycles. The van der Waals surface area contributed by atoms with E-state index in [0.717, 1.165) is 5.56 Å². The van der Waals surface area contributed by atoms with Gasteiger partial charge in [0.05, 0.1) is 0 Å². The minimum Gasteiger partial charge on any atom is -0.207 e. The summed E-state index contributed by atoms with van der Waals surface area (Å²) in [5.41, 5.74) is 2.72. The largest absolute Gasteiger partial charge is 0.207 e. The maximum absolute atomic E-state index is 13.0. The van der Waals surface area contributed by atoms with E-state index in [4.69, 9.17) is 0 Å². The predicted molar refractivity (Wildman–Crippen MR) is 75.4 cm³/mol. The molecule has 0 radical (unpaired) electrons.